The molecular weight excluding hydrogens is 609 g/mol. The molecule has 254 valence electrons. The quantitative estimate of drug-likeness (QED) is 0.133. The number of ether oxygens (including phenoxy) is 1. The van der Waals surface area contributed by atoms with Gasteiger partial charge in [0.1, 0.15) is 5.82 Å². The molecular formula is C37H51ClFNO6. The molecule has 1 saturated carbocycles. The second-order valence-electron chi connectivity index (χ2n) is 13.7. The molecule has 0 aromatic heterocycles. The lowest BCUT2D eigenvalue weighted by Crippen LogP contribution is -2.54. The fourth-order valence-corrected chi connectivity index (χ4v) is 7.82. The van der Waals surface area contributed by atoms with Crippen molar-refractivity contribution in [3.63, 3.8) is 0 Å². The third kappa shape index (κ3) is 8.64. The minimum Gasteiger partial charge on any atom is -0.394 e. The number of carbonyl (C=O) groups is 1. The van der Waals surface area contributed by atoms with Crippen molar-refractivity contribution < 1.29 is 34.3 Å². The standard InChI is InChI=1S/C37H51ClFNO6/c1-25-7-5-15-36(2)32(14-16-37(36,45)24-40(17-6-18-46-3)22-28(43)23-41)29-13-11-26(19-27(42)12-10-25)20-30(29)35(44)21-31-33(38)8-4-9-34(31)39/h4,7-9,11,13,20,27-28,32,41-43,45H,5-6,10,12,14-19,21-24H2,1-3H3. The molecule has 0 radical (unpaired) electrons. The topological polar surface area (TPSA) is 110 Å². The molecule has 5 atom stereocenters. The van der Waals surface area contributed by atoms with Gasteiger partial charge in [-0.2, -0.15) is 0 Å². The zero-order chi connectivity index (χ0) is 33.5. The number of aliphatic hydroxyl groups excluding tert-OH is 3. The molecule has 2 aromatic rings. The van der Waals surface area contributed by atoms with E-state index in [-0.39, 0.29) is 41.9 Å². The number of Topliss-reactive ketones (excluding diaryl/α,β-unsaturated/α-hetero) is 1. The van der Waals surface area contributed by atoms with Gasteiger partial charge in [-0.05, 0) is 93.5 Å². The van der Waals surface area contributed by atoms with Crippen LogP contribution >= 0.6 is 11.6 Å². The van der Waals surface area contributed by atoms with Gasteiger partial charge in [-0.25, -0.2) is 4.39 Å². The predicted molar refractivity (Wildman–Crippen MR) is 179 cm³/mol. The van der Waals surface area contributed by atoms with E-state index in [1.54, 1.807) is 13.2 Å². The van der Waals surface area contributed by atoms with Crippen molar-refractivity contribution in [2.45, 2.75) is 95.4 Å². The van der Waals surface area contributed by atoms with Gasteiger partial charge in [0.25, 0.3) is 0 Å². The van der Waals surface area contributed by atoms with Gasteiger partial charge < -0.3 is 25.2 Å². The second kappa shape index (κ2) is 16.3. The highest BCUT2D eigenvalue weighted by Gasteiger charge is 2.57. The Morgan fingerprint density at radius 3 is 2.72 bits per heavy atom. The van der Waals surface area contributed by atoms with Gasteiger partial charge in [0, 0.05) is 61.3 Å². The second-order valence-corrected chi connectivity index (χ2v) is 14.1. The van der Waals surface area contributed by atoms with Crippen LogP contribution in [0, 0.1) is 11.2 Å². The zero-order valence-electron chi connectivity index (χ0n) is 27.5. The number of hydrogen-bond acceptors (Lipinski definition) is 7. The summed E-state index contributed by atoms with van der Waals surface area (Å²) in [6.07, 6.45) is 5.40. The number of halogens is 2. The highest BCUT2D eigenvalue weighted by atomic mass is 35.5. The number of carbonyl (C=O) groups excluding carboxylic acids is 1. The van der Waals surface area contributed by atoms with Crippen LogP contribution in [0.4, 0.5) is 4.39 Å². The molecule has 5 unspecified atom stereocenters. The Hall–Kier alpha value is -2.17. The Labute approximate surface area is 278 Å². The molecule has 0 saturated heterocycles. The van der Waals surface area contributed by atoms with Crippen molar-refractivity contribution in [2.24, 2.45) is 5.41 Å². The summed E-state index contributed by atoms with van der Waals surface area (Å²) < 4.78 is 20.1. The number of allylic oxidation sites excluding steroid dienone is 2. The van der Waals surface area contributed by atoms with Gasteiger partial charge in [-0.15, -0.1) is 0 Å². The van der Waals surface area contributed by atoms with Crippen LogP contribution in [0.5, 0.6) is 0 Å². The van der Waals surface area contributed by atoms with Gasteiger partial charge in [-0.3, -0.25) is 9.69 Å². The third-order valence-corrected chi connectivity index (χ3v) is 10.7. The lowest BCUT2D eigenvalue weighted by atomic mass is 9.64. The first-order chi connectivity index (χ1) is 21.9. The number of hydrogen-bond donors (Lipinski definition) is 4. The fraction of sp³-hybridized carbons (Fsp3) is 0.595. The molecule has 0 aliphatic heterocycles. The van der Waals surface area contributed by atoms with E-state index >= 15 is 0 Å². The summed E-state index contributed by atoms with van der Waals surface area (Å²) >= 11 is 6.34. The summed E-state index contributed by atoms with van der Waals surface area (Å²) in [6, 6.07) is 10.2. The molecule has 0 spiro atoms. The van der Waals surface area contributed by atoms with Crippen molar-refractivity contribution in [1.82, 2.24) is 4.90 Å². The smallest absolute Gasteiger partial charge is 0.167 e. The van der Waals surface area contributed by atoms with Crippen LogP contribution in [0.1, 0.15) is 91.8 Å². The lowest BCUT2D eigenvalue weighted by molar-refractivity contribution is -0.0898. The maximum Gasteiger partial charge on any atom is 0.167 e. The lowest BCUT2D eigenvalue weighted by Gasteiger charge is -2.46. The number of ketones is 1. The van der Waals surface area contributed by atoms with E-state index in [2.05, 4.69) is 19.9 Å². The Morgan fingerprint density at radius 1 is 1.22 bits per heavy atom. The summed E-state index contributed by atoms with van der Waals surface area (Å²) in [5.41, 5.74) is 1.63. The Morgan fingerprint density at radius 2 is 2.00 bits per heavy atom. The Kier molecular flexibility index (Phi) is 13.0. The van der Waals surface area contributed by atoms with Crippen LogP contribution in [-0.2, 0) is 17.6 Å². The Balaban J connectivity index is 1.78. The van der Waals surface area contributed by atoms with E-state index in [1.165, 1.54) is 17.7 Å². The van der Waals surface area contributed by atoms with Gasteiger partial charge >= 0.3 is 0 Å². The van der Waals surface area contributed by atoms with E-state index in [0.29, 0.717) is 70.2 Å². The third-order valence-electron chi connectivity index (χ3n) is 10.4. The molecule has 7 nitrogen and oxygen atoms in total. The molecule has 3 aliphatic carbocycles. The highest BCUT2D eigenvalue weighted by Crippen LogP contribution is 2.58. The highest BCUT2D eigenvalue weighted by molar-refractivity contribution is 6.31. The summed E-state index contributed by atoms with van der Waals surface area (Å²) in [6.45, 7) is 5.43. The van der Waals surface area contributed by atoms with Gasteiger partial charge in [-0.1, -0.05) is 48.4 Å². The van der Waals surface area contributed by atoms with Crippen LogP contribution in [0.3, 0.4) is 0 Å². The zero-order valence-corrected chi connectivity index (χ0v) is 28.2. The number of aliphatic hydroxyl groups is 4. The van der Waals surface area contributed by atoms with Gasteiger partial charge in [0.15, 0.2) is 5.78 Å². The monoisotopic (exact) mass is 659 g/mol. The Bertz CT molecular complexity index is 1350. The molecule has 2 aromatic carbocycles. The first-order valence-electron chi connectivity index (χ1n) is 16.6. The SMILES string of the molecule is COCCCN(CC(O)CO)CC1(O)CCC2c3ccc(cc3C(=O)Cc3c(F)cccc3Cl)CC(O)CCC(C)=CCCC21C. The molecule has 0 amide bonds. The number of fused-ring (bicyclic) bond motifs is 8. The van der Waals surface area contributed by atoms with Crippen molar-refractivity contribution in [1.29, 1.82) is 0 Å². The van der Waals surface area contributed by atoms with Crippen LogP contribution in [-0.4, -0.2) is 88.9 Å². The molecule has 2 bridgehead atoms. The minimum atomic E-state index is -1.16. The molecule has 3 aliphatic rings. The molecule has 5 rings (SSSR count). The predicted octanol–water partition coefficient (Wildman–Crippen LogP) is 5.63. The average molecular weight is 660 g/mol. The van der Waals surface area contributed by atoms with Crippen molar-refractivity contribution >= 4 is 17.4 Å². The van der Waals surface area contributed by atoms with E-state index in [0.717, 1.165) is 17.5 Å². The summed E-state index contributed by atoms with van der Waals surface area (Å²) in [5, 5.41) is 43.6. The largest absolute Gasteiger partial charge is 0.394 e. The van der Waals surface area contributed by atoms with E-state index < -0.39 is 29.0 Å². The van der Waals surface area contributed by atoms with Crippen molar-refractivity contribution in [3.8, 4) is 0 Å². The fourth-order valence-electron chi connectivity index (χ4n) is 7.59. The van der Waals surface area contributed by atoms with Crippen LogP contribution in [0.15, 0.2) is 48.0 Å². The van der Waals surface area contributed by atoms with Gasteiger partial charge in [0.05, 0.1) is 24.4 Å². The van der Waals surface area contributed by atoms with E-state index in [4.69, 9.17) is 16.3 Å². The maximum atomic E-state index is 14.8. The average Bonchev–Trinajstić information content (AvgIpc) is 3.26. The summed E-state index contributed by atoms with van der Waals surface area (Å²) in [4.78, 5) is 16.1. The molecule has 1 fully saturated rings. The number of methoxy groups -OCH3 is 1. The van der Waals surface area contributed by atoms with Crippen LogP contribution in [0.25, 0.3) is 0 Å². The molecule has 4 N–H and O–H groups in total. The first-order valence-corrected chi connectivity index (χ1v) is 16.9. The minimum absolute atomic E-state index is 0.153. The van der Waals surface area contributed by atoms with E-state index in [1.807, 2.05) is 23.1 Å². The summed E-state index contributed by atoms with van der Waals surface area (Å²) in [7, 11) is 1.64. The molecule has 46 heavy (non-hydrogen) atoms. The van der Waals surface area contributed by atoms with Crippen LogP contribution in [0.2, 0.25) is 5.02 Å². The van der Waals surface area contributed by atoms with Crippen molar-refractivity contribution in [2.75, 3.05) is 40.0 Å². The van der Waals surface area contributed by atoms with Crippen molar-refractivity contribution in [3.05, 3.63) is 81.1 Å². The normalized spacial score (nSPS) is 26.1. The van der Waals surface area contributed by atoms with E-state index in [9.17, 15) is 29.6 Å². The molecule has 0 heterocycles. The van der Waals surface area contributed by atoms with Gasteiger partial charge in [0.2, 0.25) is 0 Å². The summed E-state index contributed by atoms with van der Waals surface area (Å²) in [5.74, 6) is -0.977. The molecule has 9 heteroatoms. The number of benzene rings is 2. The number of rotatable bonds is 12. The maximum absolute atomic E-state index is 14.8. The first kappa shape index (κ1) is 36.7. The number of nitrogens with zero attached hydrogens (tertiary/aromatic N) is 1. The van der Waals surface area contributed by atoms with Crippen LogP contribution < -0.4 is 0 Å².